The van der Waals surface area contributed by atoms with Gasteiger partial charge >= 0.3 is 0 Å². The maximum absolute atomic E-state index is 5.64. The fourth-order valence-corrected chi connectivity index (χ4v) is 1.87. The topological polar surface area (TPSA) is 60.2 Å². The molecule has 0 amide bonds. The molecule has 4 nitrogen and oxygen atoms in total. The lowest BCUT2D eigenvalue weighted by Gasteiger charge is -2.07. The average molecular weight is 341 g/mol. The highest BCUT2D eigenvalue weighted by Crippen LogP contribution is 2.16. The van der Waals surface area contributed by atoms with Crippen LogP contribution < -0.4 is 16.0 Å². The third-order valence-corrected chi connectivity index (χ3v) is 2.81. The maximum Gasteiger partial charge on any atom is 0.140 e. The van der Waals surface area contributed by atoms with Crippen LogP contribution in [0.25, 0.3) is 0 Å². The van der Waals surface area contributed by atoms with E-state index in [4.69, 9.17) is 10.6 Å². The van der Waals surface area contributed by atoms with Gasteiger partial charge in [-0.3, -0.25) is 0 Å². The summed E-state index contributed by atoms with van der Waals surface area (Å²) in [6.07, 6.45) is 0. The van der Waals surface area contributed by atoms with Gasteiger partial charge in [0.25, 0.3) is 0 Å². The van der Waals surface area contributed by atoms with Crippen LogP contribution in [0.4, 0.5) is 5.82 Å². The second-order valence-electron chi connectivity index (χ2n) is 3.40. The number of nitrogens with one attached hydrogen (secondary N) is 1. The molecule has 1 aromatic carbocycles. The van der Waals surface area contributed by atoms with E-state index in [1.807, 2.05) is 36.4 Å². The van der Waals surface area contributed by atoms with Crippen molar-refractivity contribution in [2.24, 2.45) is 5.84 Å². The predicted octanol–water partition coefficient (Wildman–Crippen LogP) is 2.55. The molecule has 88 valence electrons. The fourth-order valence-electron chi connectivity index (χ4n) is 1.35. The van der Waals surface area contributed by atoms with Crippen molar-refractivity contribution in [3.05, 3.63) is 51.7 Å². The number of aromatic nitrogens is 1. The van der Waals surface area contributed by atoms with Crippen molar-refractivity contribution in [3.8, 4) is 5.75 Å². The normalized spacial score (nSPS) is 10.0. The molecule has 0 aliphatic heterocycles. The smallest absolute Gasteiger partial charge is 0.140 e. The largest absolute Gasteiger partial charge is 0.487 e. The molecular weight excluding hydrogens is 329 g/mol. The second kappa shape index (κ2) is 5.83. The molecule has 0 fully saturated rings. The van der Waals surface area contributed by atoms with Crippen LogP contribution in [0.15, 0.2) is 42.5 Å². The second-order valence-corrected chi connectivity index (χ2v) is 4.65. The van der Waals surface area contributed by atoms with Gasteiger partial charge in [0.2, 0.25) is 0 Å². The molecule has 0 saturated carbocycles. The average Bonchev–Trinajstić information content (AvgIpc) is 2.37. The lowest BCUT2D eigenvalue weighted by atomic mass is 10.3. The minimum absolute atomic E-state index is 0.426. The Kier molecular flexibility index (Phi) is 4.16. The van der Waals surface area contributed by atoms with Gasteiger partial charge in [-0.05, 0) is 52.9 Å². The number of nitrogen functional groups attached to an aromatic ring is 1. The Morgan fingerprint density at radius 3 is 2.82 bits per heavy atom. The number of halogens is 1. The summed E-state index contributed by atoms with van der Waals surface area (Å²) >= 11 is 2.25. The lowest BCUT2D eigenvalue weighted by Crippen LogP contribution is -2.09. The predicted molar refractivity (Wildman–Crippen MR) is 75.5 cm³/mol. The van der Waals surface area contributed by atoms with E-state index in [0.29, 0.717) is 12.4 Å². The summed E-state index contributed by atoms with van der Waals surface area (Å²) in [5, 5.41) is 0. The highest BCUT2D eigenvalue weighted by atomic mass is 127. The Bertz CT molecular complexity index is 505. The monoisotopic (exact) mass is 341 g/mol. The molecule has 2 rings (SSSR count). The summed E-state index contributed by atoms with van der Waals surface area (Å²) in [4.78, 5) is 4.27. The number of benzene rings is 1. The Morgan fingerprint density at radius 1 is 1.24 bits per heavy atom. The van der Waals surface area contributed by atoms with Crippen LogP contribution in [0.5, 0.6) is 5.75 Å². The summed E-state index contributed by atoms with van der Waals surface area (Å²) in [6, 6.07) is 13.5. The van der Waals surface area contributed by atoms with Gasteiger partial charge in [0.15, 0.2) is 0 Å². The van der Waals surface area contributed by atoms with Gasteiger partial charge in [-0.2, -0.15) is 0 Å². The number of hydrazine groups is 1. The van der Waals surface area contributed by atoms with Crippen molar-refractivity contribution in [3.63, 3.8) is 0 Å². The van der Waals surface area contributed by atoms with Crippen LogP contribution in [0, 0.1) is 3.57 Å². The first-order chi connectivity index (χ1) is 8.28. The molecule has 0 aliphatic rings. The molecule has 1 aromatic heterocycles. The molecule has 17 heavy (non-hydrogen) atoms. The third kappa shape index (κ3) is 3.57. The molecule has 0 bridgehead atoms. The van der Waals surface area contributed by atoms with Crippen molar-refractivity contribution >= 4 is 28.4 Å². The summed E-state index contributed by atoms with van der Waals surface area (Å²) in [6.45, 7) is 0.426. The number of nitrogens with zero attached hydrogens (tertiary/aromatic N) is 1. The van der Waals surface area contributed by atoms with E-state index in [9.17, 15) is 0 Å². The minimum Gasteiger partial charge on any atom is -0.487 e. The van der Waals surface area contributed by atoms with Gasteiger partial charge in [-0.1, -0.05) is 12.1 Å². The number of nitrogens with two attached hydrogens (primary N) is 1. The van der Waals surface area contributed by atoms with E-state index in [1.54, 1.807) is 6.07 Å². The zero-order valence-electron chi connectivity index (χ0n) is 9.06. The number of anilines is 1. The van der Waals surface area contributed by atoms with Crippen molar-refractivity contribution in [1.29, 1.82) is 0 Å². The highest BCUT2D eigenvalue weighted by molar-refractivity contribution is 14.1. The highest BCUT2D eigenvalue weighted by Gasteiger charge is 1.99. The maximum atomic E-state index is 5.64. The molecule has 0 radical (unpaired) electrons. The Balaban J connectivity index is 2.02. The molecule has 0 spiro atoms. The van der Waals surface area contributed by atoms with Gasteiger partial charge in [-0.15, -0.1) is 0 Å². The Hall–Kier alpha value is -1.34. The standard InChI is InChI=1S/C12H12IN3O/c13-9-3-1-5-11(7-9)17-8-10-4-2-6-12(15-10)16-14/h1-7H,8,14H2,(H,15,16). The number of hydrogen-bond donors (Lipinski definition) is 2. The zero-order valence-corrected chi connectivity index (χ0v) is 11.2. The van der Waals surface area contributed by atoms with Crippen molar-refractivity contribution in [2.45, 2.75) is 6.61 Å². The van der Waals surface area contributed by atoms with Crippen LogP contribution in [0.2, 0.25) is 0 Å². The quantitative estimate of drug-likeness (QED) is 0.510. The van der Waals surface area contributed by atoms with Crippen LogP contribution in [-0.4, -0.2) is 4.98 Å². The molecule has 0 aliphatic carbocycles. The summed E-state index contributed by atoms with van der Waals surface area (Å²) in [5.74, 6) is 6.76. The molecule has 0 saturated heterocycles. The molecule has 3 N–H and O–H groups in total. The fraction of sp³-hybridized carbons (Fsp3) is 0.0833. The Morgan fingerprint density at radius 2 is 2.06 bits per heavy atom. The van der Waals surface area contributed by atoms with E-state index in [2.05, 4.69) is 33.0 Å². The summed E-state index contributed by atoms with van der Waals surface area (Å²) in [5.41, 5.74) is 3.34. The minimum atomic E-state index is 0.426. The molecular formula is C12H12IN3O. The third-order valence-electron chi connectivity index (χ3n) is 2.14. The first kappa shape index (κ1) is 12.1. The van der Waals surface area contributed by atoms with Gasteiger partial charge < -0.3 is 10.2 Å². The molecule has 5 heteroatoms. The van der Waals surface area contributed by atoms with E-state index >= 15 is 0 Å². The Labute approximate surface area is 113 Å². The van der Waals surface area contributed by atoms with Gasteiger partial charge in [-0.25, -0.2) is 10.8 Å². The van der Waals surface area contributed by atoms with Gasteiger partial charge in [0.05, 0.1) is 5.69 Å². The van der Waals surface area contributed by atoms with Crippen LogP contribution >= 0.6 is 22.6 Å². The van der Waals surface area contributed by atoms with E-state index < -0.39 is 0 Å². The number of hydrogen-bond acceptors (Lipinski definition) is 4. The van der Waals surface area contributed by atoms with Crippen LogP contribution in [0.3, 0.4) is 0 Å². The van der Waals surface area contributed by atoms with Crippen LogP contribution in [-0.2, 0) is 6.61 Å². The van der Waals surface area contributed by atoms with Crippen molar-refractivity contribution in [2.75, 3.05) is 5.43 Å². The summed E-state index contributed by atoms with van der Waals surface area (Å²) < 4.78 is 6.78. The SMILES string of the molecule is NNc1cccc(COc2cccc(I)c2)n1. The summed E-state index contributed by atoms with van der Waals surface area (Å²) in [7, 11) is 0. The first-order valence-corrected chi connectivity index (χ1v) is 6.17. The number of rotatable bonds is 4. The molecule has 2 aromatic rings. The zero-order chi connectivity index (χ0) is 12.1. The van der Waals surface area contributed by atoms with Crippen molar-refractivity contribution in [1.82, 2.24) is 4.98 Å². The van der Waals surface area contributed by atoms with Crippen molar-refractivity contribution < 1.29 is 4.74 Å². The van der Waals surface area contributed by atoms with E-state index in [-0.39, 0.29) is 0 Å². The number of ether oxygens (including phenoxy) is 1. The molecule has 0 atom stereocenters. The van der Waals surface area contributed by atoms with Gasteiger partial charge in [0, 0.05) is 3.57 Å². The van der Waals surface area contributed by atoms with Crippen LogP contribution in [0.1, 0.15) is 5.69 Å². The van der Waals surface area contributed by atoms with Gasteiger partial charge in [0.1, 0.15) is 18.2 Å². The van der Waals surface area contributed by atoms with E-state index in [0.717, 1.165) is 15.0 Å². The molecule has 1 heterocycles. The lowest BCUT2D eigenvalue weighted by molar-refractivity contribution is 0.301. The molecule has 0 unspecified atom stereocenters. The number of pyridine rings is 1. The van der Waals surface area contributed by atoms with E-state index in [1.165, 1.54) is 0 Å². The first-order valence-electron chi connectivity index (χ1n) is 5.09.